The summed E-state index contributed by atoms with van der Waals surface area (Å²) >= 11 is 0. The van der Waals surface area contributed by atoms with Crippen molar-refractivity contribution in [1.29, 1.82) is 0 Å². The van der Waals surface area contributed by atoms with Crippen molar-refractivity contribution in [3.63, 3.8) is 0 Å². The van der Waals surface area contributed by atoms with Gasteiger partial charge in [0.25, 0.3) is 0 Å². The van der Waals surface area contributed by atoms with Crippen molar-refractivity contribution in [2.45, 2.75) is 6.92 Å². The molecule has 2 heterocycles. The summed E-state index contributed by atoms with van der Waals surface area (Å²) in [4.78, 5) is 0. The first kappa shape index (κ1) is 17.8. The predicted molar refractivity (Wildman–Crippen MR) is 129 cm³/mol. The Morgan fingerprint density at radius 3 is 1.48 bits per heavy atom. The number of benzene rings is 4. The largest absolute Gasteiger partial charge is 0.497 e. The van der Waals surface area contributed by atoms with Gasteiger partial charge in [-0.05, 0) is 55.5 Å². The van der Waals surface area contributed by atoms with Crippen LogP contribution in [0.5, 0.6) is 5.75 Å². The first-order valence-corrected chi connectivity index (χ1v) is 10.5. The Hall–Kier alpha value is -3.98. The average Bonchev–Trinajstić information content (AvgIpc) is 3.33. The lowest BCUT2D eigenvalue weighted by molar-refractivity contribution is 0.415. The summed E-state index contributed by atoms with van der Waals surface area (Å²) in [7, 11) is 1.70. The Kier molecular flexibility index (Phi) is 3.90. The maximum Gasteiger partial charge on any atom is 0.119 e. The minimum absolute atomic E-state index is 0.860. The van der Waals surface area contributed by atoms with Gasteiger partial charge in [0.2, 0.25) is 0 Å². The lowest BCUT2D eigenvalue weighted by atomic mass is 10.2. The molecule has 0 N–H and O–H groups in total. The summed E-state index contributed by atoms with van der Waals surface area (Å²) in [6.07, 6.45) is 0. The highest BCUT2D eigenvalue weighted by molar-refractivity contribution is 6.19. The number of rotatable bonds is 3. The molecule has 6 aromatic rings. The second-order valence-electron chi connectivity index (χ2n) is 7.94. The molecule has 31 heavy (non-hydrogen) atoms. The Morgan fingerprint density at radius 2 is 1.00 bits per heavy atom. The summed E-state index contributed by atoms with van der Waals surface area (Å²) < 4.78 is 10.2. The van der Waals surface area contributed by atoms with Crippen LogP contribution < -0.4 is 4.74 Å². The molecule has 0 amide bonds. The Morgan fingerprint density at radius 1 is 0.548 bits per heavy atom. The van der Waals surface area contributed by atoms with Gasteiger partial charge in [0.05, 0.1) is 29.2 Å². The number of aromatic nitrogens is 2. The molecule has 0 aliphatic carbocycles. The molecular formula is C28H22N2O. The van der Waals surface area contributed by atoms with Gasteiger partial charge in [0.15, 0.2) is 0 Å². The molecule has 6 rings (SSSR count). The molecule has 0 aliphatic rings. The standard InChI is InChI=1S/C28H22N2O/c1-19-11-13-20(14-12-19)29-25-9-5-3-7-23(25)28-27(29)24-8-4-6-10-26(24)30(28)21-15-17-22(31-2)18-16-21/h3-18H,1-2H3. The van der Waals surface area contributed by atoms with Crippen LogP contribution in [-0.4, -0.2) is 16.2 Å². The normalized spacial score (nSPS) is 11.5. The van der Waals surface area contributed by atoms with E-state index in [2.05, 4.69) is 101 Å². The van der Waals surface area contributed by atoms with E-state index in [1.54, 1.807) is 7.11 Å². The van der Waals surface area contributed by atoms with Crippen LogP contribution in [0, 0.1) is 6.92 Å². The highest BCUT2D eigenvalue weighted by Crippen LogP contribution is 2.40. The predicted octanol–water partition coefficient (Wildman–Crippen LogP) is 7.04. The second kappa shape index (κ2) is 6.78. The number of aryl methyl sites for hydroxylation is 1. The molecule has 3 nitrogen and oxygen atoms in total. The highest BCUT2D eigenvalue weighted by atomic mass is 16.5. The van der Waals surface area contributed by atoms with Crippen LogP contribution in [-0.2, 0) is 0 Å². The number of ether oxygens (including phenoxy) is 1. The Labute approximate surface area is 180 Å². The topological polar surface area (TPSA) is 19.1 Å². The van der Waals surface area contributed by atoms with Crippen molar-refractivity contribution in [2.24, 2.45) is 0 Å². The SMILES string of the molecule is COc1ccc(-n2c3ccccc3c3c2c2ccccc2n3-c2ccc(C)cc2)cc1. The van der Waals surface area contributed by atoms with E-state index in [4.69, 9.17) is 4.74 Å². The Bertz CT molecular complexity index is 1550. The van der Waals surface area contributed by atoms with Crippen molar-refractivity contribution >= 4 is 32.8 Å². The van der Waals surface area contributed by atoms with E-state index >= 15 is 0 Å². The minimum atomic E-state index is 0.860. The fourth-order valence-electron chi connectivity index (χ4n) is 4.65. The number of methoxy groups -OCH3 is 1. The summed E-state index contributed by atoms with van der Waals surface area (Å²) in [5.41, 5.74) is 8.43. The van der Waals surface area contributed by atoms with Crippen molar-refractivity contribution in [3.05, 3.63) is 103 Å². The van der Waals surface area contributed by atoms with E-state index in [1.807, 2.05) is 12.1 Å². The van der Waals surface area contributed by atoms with E-state index in [9.17, 15) is 0 Å². The van der Waals surface area contributed by atoms with Crippen LogP contribution in [0.15, 0.2) is 97.1 Å². The van der Waals surface area contributed by atoms with Gasteiger partial charge >= 0.3 is 0 Å². The lowest BCUT2D eigenvalue weighted by Gasteiger charge is -2.09. The molecule has 0 saturated carbocycles. The van der Waals surface area contributed by atoms with Gasteiger partial charge in [-0.3, -0.25) is 0 Å². The molecule has 0 atom stereocenters. The summed E-state index contributed by atoms with van der Waals surface area (Å²) in [6.45, 7) is 2.13. The van der Waals surface area contributed by atoms with E-state index in [-0.39, 0.29) is 0 Å². The number of fused-ring (bicyclic) bond motifs is 5. The third-order valence-electron chi connectivity index (χ3n) is 6.09. The zero-order valence-electron chi connectivity index (χ0n) is 17.5. The third kappa shape index (κ3) is 2.60. The van der Waals surface area contributed by atoms with Crippen LogP contribution in [0.4, 0.5) is 0 Å². The van der Waals surface area contributed by atoms with Crippen molar-refractivity contribution in [2.75, 3.05) is 7.11 Å². The molecule has 150 valence electrons. The lowest BCUT2D eigenvalue weighted by Crippen LogP contribution is -1.94. The van der Waals surface area contributed by atoms with Crippen molar-refractivity contribution in [3.8, 4) is 17.1 Å². The molecule has 2 aromatic heterocycles. The zero-order valence-corrected chi connectivity index (χ0v) is 17.5. The van der Waals surface area contributed by atoms with Gasteiger partial charge in [-0.1, -0.05) is 54.1 Å². The van der Waals surface area contributed by atoms with Crippen LogP contribution in [0.3, 0.4) is 0 Å². The molecule has 0 aliphatic heterocycles. The quantitative estimate of drug-likeness (QED) is 0.310. The van der Waals surface area contributed by atoms with Gasteiger partial charge < -0.3 is 13.9 Å². The Balaban J connectivity index is 1.81. The second-order valence-corrected chi connectivity index (χ2v) is 7.94. The zero-order chi connectivity index (χ0) is 20.9. The molecule has 3 heteroatoms. The molecular weight excluding hydrogens is 380 g/mol. The maximum absolute atomic E-state index is 5.39. The van der Waals surface area contributed by atoms with Crippen LogP contribution in [0.1, 0.15) is 5.56 Å². The van der Waals surface area contributed by atoms with Gasteiger partial charge in [0, 0.05) is 22.1 Å². The van der Waals surface area contributed by atoms with Crippen molar-refractivity contribution < 1.29 is 4.74 Å². The van der Waals surface area contributed by atoms with E-state index in [0.29, 0.717) is 0 Å². The van der Waals surface area contributed by atoms with Gasteiger partial charge in [0.1, 0.15) is 5.75 Å². The molecule has 0 unspecified atom stereocenters. The molecule has 0 fully saturated rings. The molecule has 4 aromatic carbocycles. The summed E-state index contributed by atoms with van der Waals surface area (Å²) in [5, 5.41) is 2.48. The first-order chi connectivity index (χ1) is 15.3. The number of hydrogen-bond donors (Lipinski definition) is 0. The van der Waals surface area contributed by atoms with Gasteiger partial charge in [-0.15, -0.1) is 0 Å². The first-order valence-electron chi connectivity index (χ1n) is 10.5. The van der Waals surface area contributed by atoms with Gasteiger partial charge in [-0.2, -0.15) is 0 Å². The monoisotopic (exact) mass is 402 g/mol. The van der Waals surface area contributed by atoms with Crippen molar-refractivity contribution in [1.82, 2.24) is 9.13 Å². The van der Waals surface area contributed by atoms with E-state index in [1.165, 1.54) is 44.1 Å². The van der Waals surface area contributed by atoms with Crippen LogP contribution >= 0.6 is 0 Å². The number of hydrogen-bond acceptors (Lipinski definition) is 1. The third-order valence-corrected chi connectivity index (χ3v) is 6.09. The van der Waals surface area contributed by atoms with Crippen LogP contribution in [0.2, 0.25) is 0 Å². The fourth-order valence-corrected chi connectivity index (χ4v) is 4.65. The highest BCUT2D eigenvalue weighted by Gasteiger charge is 2.21. The minimum Gasteiger partial charge on any atom is -0.497 e. The molecule has 0 saturated heterocycles. The molecule has 0 bridgehead atoms. The average molecular weight is 402 g/mol. The summed E-state index contributed by atoms with van der Waals surface area (Å²) in [6, 6.07) is 34.4. The van der Waals surface area contributed by atoms with Crippen LogP contribution in [0.25, 0.3) is 44.2 Å². The van der Waals surface area contributed by atoms with Gasteiger partial charge in [-0.25, -0.2) is 0 Å². The molecule has 0 radical (unpaired) electrons. The van der Waals surface area contributed by atoms with E-state index < -0.39 is 0 Å². The summed E-state index contributed by atoms with van der Waals surface area (Å²) in [5.74, 6) is 0.860. The molecule has 0 spiro atoms. The smallest absolute Gasteiger partial charge is 0.119 e. The number of nitrogens with zero attached hydrogens (tertiary/aromatic N) is 2. The number of para-hydroxylation sites is 2. The fraction of sp³-hybridized carbons (Fsp3) is 0.0714. The maximum atomic E-state index is 5.39. The van der Waals surface area contributed by atoms with E-state index in [0.717, 1.165) is 11.4 Å².